The number of allylic oxidation sites excluding steroid dienone is 2. The minimum absolute atomic E-state index is 0.164. The molecule has 2 heteroatoms. The highest BCUT2D eigenvalue weighted by atomic mass is 16.2. The molecule has 118 valence electrons. The van der Waals surface area contributed by atoms with Gasteiger partial charge in [-0.1, -0.05) is 70.4 Å². The van der Waals surface area contributed by atoms with Gasteiger partial charge in [-0.25, -0.2) is 0 Å². The van der Waals surface area contributed by atoms with E-state index in [4.69, 9.17) is 5.73 Å². The van der Waals surface area contributed by atoms with E-state index in [0.29, 0.717) is 6.42 Å². The molecular formula is C18H35NO. The van der Waals surface area contributed by atoms with Crippen molar-refractivity contribution in [2.75, 3.05) is 0 Å². The minimum Gasteiger partial charge on any atom is -0.370 e. The number of amides is 1. The molecule has 0 radical (unpaired) electrons. The molecule has 0 heterocycles. The molecule has 0 aromatic heterocycles. The predicted molar refractivity (Wildman–Crippen MR) is 88.6 cm³/mol. The normalized spacial score (nSPS) is 11.2. The summed E-state index contributed by atoms with van der Waals surface area (Å²) < 4.78 is 0. The van der Waals surface area contributed by atoms with E-state index >= 15 is 0 Å². The van der Waals surface area contributed by atoms with E-state index in [9.17, 15) is 4.79 Å². The number of rotatable bonds is 15. The van der Waals surface area contributed by atoms with Crippen LogP contribution < -0.4 is 5.73 Å². The maximum absolute atomic E-state index is 10.5. The van der Waals surface area contributed by atoms with Crippen LogP contribution in [0.15, 0.2) is 12.2 Å². The topological polar surface area (TPSA) is 43.1 Å². The van der Waals surface area contributed by atoms with Gasteiger partial charge in [-0.2, -0.15) is 0 Å². The van der Waals surface area contributed by atoms with Crippen molar-refractivity contribution in [1.82, 2.24) is 0 Å². The molecule has 0 saturated carbocycles. The second-order valence-electron chi connectivity index (χ2n) is 5.80. The van der Waals surface area contributed by atoms with E-state index in [2.05, 4.69) is 19.1 Å². The van der Waals surface area contributed by atoms with Crippen molar-refractivity contribution in [1.29, 1.82) is 0 Å². The third-order valence-corrected chi connectivity index (χ3v) is 3.68. The van der Waals surface area contributed by atoms with Crippen LogP contribution >= 0.6 is 0 Å². The van der Waals surface area contributed by atoms with Crippen LogP contribution in [0.1, 0.15) is 96.8 Å². The van der Waals surface area contributed by atoms with Gasteiger partial charge in [-0.3, -0.25) is 4.79 Å². The minimum atomic E-state index is -0.164. The summed E-state index contributed by atoms with van der Waals surface area (Å²) in [5.41, 5.74) is 5.10. The molecule has 20 heavy (non-hydrogen) atoms. The molecule has 0 aromatic rings. The first kappa shape index (κ1) is 19.2. The lowest BCUT2D eigenvalue weighted by Gasteiger charge is -1.99. The van der Waals surface area contributed by atoms with Gasteiger partial charge in [0.05, 0.1) is 0 Å². The van der Waals surface area contributed by atoms with Gasteiger partial charge in [0.1, 0.15) is 0 Å². The van der Waals surface area contributed by atoms with E-state index in [-0.39, 0.29) is 5.91 Å². The number of carbonyl (C=O) groups excluding carboxylic acids is 1. The highest BCUT2D eigenvalue weighted by Crippen LogP contribution is 2.09. The van der Waals surface area contributed by atoms with Crippen molar-refractivity contribution in [3.05, 3.63) is 12.2 Å². The van der Waals surface area contributed by atoms with Crippen molar-refractivity contribution >= 4 is 5.91 Å². The van der Waals surface area contributed by atoms with Crippen LogP contribution in [-0.4, -0.2) is 5.91 Å². The van der Waals surface area contributed by atoms with Gasteiger partial charge in [0.15, 0.2) is 0 Å². The molecule has 0 aliphatic carbocycles. The van der Waals surface area contributed by atoms with Crippen LogP contribution in [0.2, 0.25) is 0 Å². The van der Waals surface area contributed by atoms with Crippen molar-refractivity contribution in [3.8, 4) is 0 Å². The molecule has 0 rings (SSSR count). The second kappa shape index (κ2) is 16.3. The largest absolute Gasteiger partial charge is 0.370 e. The molecule has 2 N–H and O–H groups in total. The smallest absolute Gasteiger partial charge is 0.217 e. The van der Waals surface area contributed by atoms with Crippen LogP contribution in [0.25, 0.3) is 0 Å². The quantitative estimate of drug-likeness (QED) is 0.240. The number of unbranched alkanes of at least 4 members (excludes halogenated alkanes) is 11. The summed E-state index contributed by atoms with van der Waals surface area (Å²) in [5, 5.41) is 0. The Bertz CT molecular complexity index is 236. The van der Waals surface area contributed by atoms with E-state index in [1.807, 2.05) is 0 Å². The number of nitrogens with two attached hydrogens (primary N) is 1. The summed E-state index contributed by atoms with van der Waals surface area (Å²) in [6, 6.07) is 0. The fourth-order valence-electron chi connectivity index (χ4n) is 2.37. The maximum atomic E-state index is 10.5. The average molecular weight is 282 g/mol. The number of primary amides is 1. The van der Waals surface area contributed by atoms with E-state index < -0.39 is 0 Å². The molecule has 0 unspecified atom stereocenters. The molecule has 0 aliphatic heterocycles. The van der Waals surface area contributed by atoms with Crippen molar-refractivity contribution in [2.45, 2.75) is 96.8 Å². The van der Waals surface area contributed by atoms with E-state index in [0.717, 1.165) is 12.8 Å². The van der Waals surface area contributed by atoms with Gasteiger partial charge in [0.25, 0.3) is 0 Å². The maximum Gasteiger partial charge on any atom is 0.217 e. The molecule has 0 atom stereocenters. The van der Waals surface area contributed by atoms with Gasteiger partial charge in [0.2, 0.25) is 5.91 Å². The summed E-state index contributed by atoms with van der Waals surface area (Å²) >= 11 is 0. The monoisotopic (exact) mass is 282 g/mol. The summed E-state index contributed by atoms with van der Waals surface area (Å²) in [5.74, 6) is -0.164. The van der Waals surface area contributed by atoms with Crippen molar-refractivity contribution in [3.63, 3.8) is 0 Å². The lowest BCUT2D eigenvalue weighted by molar-refractivity contribution is -0.118. The van der Waals surface area contributed by atoms with E-state index in [1.54, 1.807) is 0 Å². The molecule has 0 bridgehead atoms. The molecule has 0 spiro atoms. The van der Waals surface area contributed by atoms with Gasteiger partial charge in [0, 0.05) is 6.42 Å². The Morgan fingerprint density at radius 2 is 1.20 bits per heavy atom. The molecule has 0 aromatic carbocycles. The molecular weight excluding hydrogens is 247 g/mol. The molecule has 1 amide bonds. The number of carbonyl (C=O) groups is 1. The van der Waals surface area contributed by atoms with Crippen LogP contribution in [0.5, 0.6) is 0 Å². The Hall–Kier alpha value is -0.790. The lowest BCUT2D eigenvalue weighted by atomic mass is 10.1. The fraction of sp³-hybridized carbons (Fsp3) is 0.833. The first-order chi connectivity index (χ1) is 9.77. The van der Waals surface area contributed by atoms with Crippen LogP contribution in [-0.2, 0) is 4.79 Å². The standard InChI is InChI=1S/C18H35NO/c1-2-3-4-5-6-7-8-9-10-11-12-13-14-15-16-17-18(19)20/h9-10H,2-8,11-17H2,1H3,(H2,19,20)/b10-9-/i18+1. The zero-order chi connectivity index (χ0) is 14.9. The van der Waals surface area contributed by atoms with Gasteiger partial charge < -0.3 is 5.73 Å². The summed E-state index contributed by atoms with van der Waals surface area (Å²) in [6.45, 7) is 2.26. The average Bonchev–Trinajstić information content (AvgIpc) is 2.43. The van der Waals surface area contributed by atoms with Gasteiger partial charge in [-0.15, -0.1) is 0 Å². The Labute approximate surface area is 126 Å². The Morgan fingerprint density at radius 1 is 0.750 bits per heavy atom. The zero-order valence-electron chi connectivity index (χ0n) is 13.5. The predicted octanol–water partition coefficient (Wildman–Crippen LogP) is 5.51. The Balaban J connectivity index is 3.07. The van der Waals surface area contributed by atoms with E-state index in [1.165, 1.54) is 70.6 Å². The Kier molecular flexibility index (Phi) is 15.6. The van der Waals surface area contributed by atoms with Crippen molar-refractivity contribution < 1.29 is 4.79 Å². The summed E-state index contributed by atoms with van der Waals surface area (Å²) in [4.78, 5) is 10.5. The Morgan fingerprint density at radius 3 is 1.70 bits per heavy atom. The molecule has 2 nitrogen and oxygen atoms in total. The van der Waals surface area contributed by atoms with Crippen molar-refractivity contribution in [2.24, 2.45) is 5.73 Å². The van der Waals surface area contributed by atoms with Crippen LogP contribution in [0.4, 0.5) is 0 Å². The molecule has 0 saturated heterocycles. The van der Waals surface area contributed by atoms with Crippen LogP contribution in [0.3, 0.4) is 0 Å². The highest BCUT2D eigenvalue weighted by molar-refractivity contribution is 5.73. The summed E-state index contributed by atoms with van der Waals surface area (Å²) in [7, 11) is 0. The SMILES string of the molecule is CCCCCCCC/C=C\CCCCCCC[13C](N)=O. The molecule has 0 fully saturated rings. The fourth-order valence-corrected chi connectivity index (χ4v) is 2.37. The van der Waals surface area contributed by atoms with Crippen LogP contribution in [0, 0.1) is 0 Å². The first-order valence-corrected chi connectivity index (χ1v) is 8.70. The first-order valence-electron chi connectivity index (χ1n) is 8.70. The number of hydrogen-bond acceptors (Lipinski definition) is 1. The van der Waals surface area contributed by atoms with Gasteiger partial charge in [-0.05, 0) is 32.1 Å². The molecule has 0 aliphatic rings. The highest BCUT2D eigenvalue weighted by Gasteiger charge is 1.94. The second-order valence-corrected chi connectivity index (χ2v) is 5.80. The third-order valence-electron chi connectivity index (χ3n) is 3.68. The lowest BCUT2D eigenvalue weighted by Crippen LogP contribution is -2.09. The third kappa shape index (κ3) is 17.2. The zero-order valence-corrected chi connectivity index (χ0v) is 13.5. The summed E-state index contributed by atoms with van der Waals surface area (Å²) in [6.07, 6.45) is 21.9. The number of hydrogen-bond donors (Lipinski definition) is 1. The van der Waals surface area contributed by atoms with Gasteiger partial charge >= 0.3 is 0 Å².